The SMILES string of the molecule is CC(NCCS(C)=O)c1ccc(Br)cc1. The highest BCUT2D eigenvalue weighted by molar-refractivity contribution is 9.10. The molecule has 0 aliphatic rings. The average molecular weight is 290 g/mol. The topological polar surface area (TPSA) is 29.1 Å². The van der Waals surface area contributed by atoms with Crippen LogP contribution >= 0.6 is 15.9 Å². The fourth-order valence-electron chi connectivity index (χ4n) is 1.29. The van der Waals surface area contributed by atoms with Crippen molar-refractivity contribution in [3.05, 3.63) is 34.3 Å². The monoisotopic (exact) mass is 289 g/mol. The predicted octanol–water partition coefficient (Wildman–Crippen LogP) is 2.48. The maximum Gasteiger partial charge on any atom is 0.0357 e. The Morgan fingerprint density at radius 1 is 1.40 bits per heavy atom. The van der Waals surface area contributed by atoms with Gasteiger partial charge >= 0.3 is 0 Å². The molecule has 0 amide bonds. The molecule has 0 aliphatic carbocycles. The van der Waals surface area contributed by atoms with Gasteiger partial charge in [0, 0.05) is 39.9 Å². The molecule has 1 rings (SSSR count). The molecule has 0 fully saturated rings. The molecule has 0 heterocycles. The molecule has 0 spiro atoms. The maximum absolute atomic E-state index is 10.9. The van der Waals surface area contributed by atoms with Crippen molar-refractivity contribution >= 4 is 26.7 Å². The summed E-state index contributed by atoms with van der Waals surface area (Å²) in [5.74, 6) is 0.709. The van der Waals surface area contributed by atoms with Crippen LogP contribution in [-0.4, -0.2) is 22.8 Å². The standard InChI is InChI=1S/C11H16BrNOS/c1-9(13-7-8-15(2)14)10-3-5-11(12)6-4-10/h3-6,9,13H,7-8H2,1-2H3. The van der Waals surface area contributed by atoms with Crippen LogP contribution in [0.1, 0.15) is 18.5 Å². The highest BCUT2D eigenvalue weighted by Gasteiger charge is 2.03. The Bertz CT molecular complexity index is 326. The second kappa shape index (κ2) is 6.40. The summed E-state index contributed by atoms with van der Waals surface area (Å²) in [4.78, 5) is 0. The third kappa shape index (κ3) is 4.91. The van der Waals surface area contributed by atoms with Crippen LogP contribution in [0.4, 0.5) is 0 Å². The number of rotatable bonds is 5. The first-order valence-electron chi connectivity index (χ1n) is 4.88. The van der Waals surface area contributed by atoms with Crippen LogP contribution in [0.5, 0.6) is 0 Å². The van der Waals surface area contributed by atoms with Crippen molar-refractivity contribution in [1.82, 2.24) is 5.32 Å². The van der Waals surface area contributed by atoms with Gasteiger partial charge in [-0.1, -0.05) is 28.1 Å². The number of halogens is 1. The molecule has 1 aromatic carbocycles. The van der Waals surface area contributed by atoms with Crippen molar-refractivity contribution in [2.75, 3.05) is 18.6 Å². The van der Waals surface area contributed by atoms with Crippen LogP contribution in [0.3, 0.4) is 0 Å². The summed E-state index contributed by atoms with van der Waals surface area (Å²) in [5.41, 5.74) is 1.25. The Labute approximate surface area is 102 Å². The summed E-state index contributed by atoms with van der Waals surface area (Å²) >= 11 is 3.41. The fraction of sp³-hybridized carbons (Fsp3) is 0.455. The minimum atomic E-state index is -0.712. The lowest BCUT2D eigenvalue weighted by molar-refractivity contribution is 0.597. The minimum absolute atomic E-state index is 0.307. The van der Waals surface area contributed by atoms with Gasteiger partial charge in [0.2, 0.25) is 0 Å². The minimum Gasteiger partial charge on any atom is -0.309 e. The lowest BCUT2D eigenvalue weighted by atomic mass is 10.1. The van der Waals surface area contributed by atoms with Gasteiger partial charge in [-0.2, -0.15) is 0 Å². The van der Waals surface area contributed by atoms with Gasteiger partial charge in [-0.3, -0.25) is 4.21 Å². The molecule has 1 N–H and O–H groups in total. The Morgan fingerprint density at radius 2 is 2.00 bits per heavy atom. The molecule has 2 unspecified atom stereocenters. The summed E-state index contributed by atoms with van der Waals surface area (Å²) in [7, 11) is -0.712. The van der Waals surface area contributed by atoms with E-state index in [2.05, 4.69) is 40.3 Å². The van der Waals surface area contributed by atoms with E-state index in [1.165, 1.54) is 5.56 Å². The van der Waals surface area contributed by atoms with E-state index in [9.17, 15) is 4.21 Å². The van der Waals surface area contributed by atoms with Crippen molar-refractivity contribution in [3.8, 4) is 0 Å². The second-order valence-electron chi connectivity index (χ2n) is 3.50. The smallest absolute Gasteiger partial charge is 0.0357 e. The average Bonchev–Trinajstić information content (AvgIpc) is 2.18. The van der Waals surface area contributed by atoms with Gasteiger partial charge in [0.1, 0.15) is 0 Å². The van der Waals surface area contributed by atoms with E-state index in [4.69, 9.17) is 0 Å². The predicted molar refractivity (Wildman–Crippen MR) is 69.5 cm³/mol. The van der Waals surface area contributed by atoms with Gasteiger partial charge in [0.05, 0.1) is 0 Å². The molecule has 0 aliphatic heterocycles. The van der Waals surface area contributed by atoms with Crippen molar-refractivity contribution in [2.24, 2.45) is 0 Å². The molecular formula is C11H16BrNOS. The molecule has 0 bridgehead atoms. The second-order valence-corrected chi connectivity index (χ2v) is 5.97. The van der Waals surface area contributed by atoms with Gasteiger partial charge in [-0.05, 0) is 24.6 Å². The van der Waals surface area contributed by atoms with E-state index in [0.717, 1.165) is 11.0 Å². The molecule has 4 heteroatoms. The first kappa shape index (κ1) is 12.9. The molecule has 1 aromatic rings. The van der Waals surface area contributed by atoms with Gasteiger partial charge in [0.15, 0.2) is 0 Å². The van der Waals surface area contributed by atoms with Crippen molar-refractivity contribution < 1.29 is 4.21 Å². The number of benzene rings is 1. The third-order valence-corrected chi connectivity index (χ3v) is 3.52. The van der Waals surface area contributed by atoms with E-state index in [1.807, 2.05) is 12.1 Å². The molecule has 0 radical (unpaired) electrons. The molecular weight excluding hydrogens is 274 g/mol. The third-order valence-electron chi connectivity index (χ3n) is 2.21. The van der Waals surface area contributed by atoms with Gasteiger partial charge in [-0.15, -0.1) is 0 Å². The molecule has 0 saturated carbocycles. The van der Waals surface area contributed by atoms with E-state index in [-0.39, 0.29) is 0 Å². The highest BCUT2D eigenvalue weighted by Crippen LogP contribution is 2.16. The van der Waals surface area contributed by atoms with Gasteiger partial charge < -0.3 is 5.32 Å². The summed E-state index contributed by atoms with van der Waals surface area (Å²) < 4.78 is 12.0. The first-order chi connectivity index (χ1) is 7.09. The van der Waals surface area contributed by atoms with Gasteiger partial charge in [0.25, 0.3) is 0 Å². The molecule has 2 nitrogen and oxygen atoms in total. The van der Waals surface area contributed by atoms with E-state index < -0.39 is 10.8 Å². The zero-order valence-electron chi connectivity index (χ0n) is 9.00. The van der Waals surface area contributed by atoms with Crippen LogP contribution in [0, 0.1) is 0 Å². The van der Waals surface area contributed by atoms with Gasteiger partial charge in [-0.25, -0.2) is 0 Å². The lowest BCUT2D eigenvalue weighted by Crippen LogP contribution is -2.23. The molecule has 15 heavy (non-hydrogen) atoms. The Kier molecular flexibility index (Phi) is 5.50. The maximum atomic E-state index is 10.9. The van der Waals surface area contributed by atoms with Crippen molar-refractivity contribution in [1.29, 1.82) is 0 Å². The summed E-state index contributed by atoms with van der Waals surface area (Å²) in [6.07, 6.45) is 1.73. The van der Waals surface area contributed by atoms with Crippen LogP contribution in [0.15, 0.2) is 28.7 Å². The largest absolute Gasteiger partial charge is 0.309 e. The molecule has 0 aromatic heterocycles. The number of nitrogens with one attached hydrogen (secondary N) is 1. The van der Waals surface area contributed by atoms with E-state index >= 15 is 0 Å². The summed E-state index contributed by atoms with van der Waals surface area (Å²) in [6.45, 7) is 2.90. The van der Waals surface area contributed by atoms with Crippen LogP contribution < -0.4 is 5.32 Å². The highest BCUT2D eigenvalue weighted by atomic mass is 79.9. The van der Waals surface area contributed by atoms with E-state index in [0.29, 0.717) is 11.8 Å². The molecule has 84 valence electrons. The van der Waals surface area contributed by atoms with Crippen LogP contribution in [-0.2, 0) is 10.8 Å². The van der Waals surface area contributed by atoms with E-state index in [1.54, 1.807) is 6.26 Å². The number of hydrogen-bond donors (Lipinski definition) is 1. The molecule has 0 saturated heterocycles. The molecule has 2 atom stereocenters. The first-order valence-corrected chi connectivity index (χ1v) is 7.40. The summed E-state index contributed by atoms with van der Waals surface area (Å²) in [6, 6.07) is 8.55. The van der Waals surface area contributed by atoms with Crippen molar-refractivity contribution in [2.45, 2.75) is 13.0 Å². The lowest BCUT2D eigenvalue weighted by Gasteiger charge is -2.13. The normalized spacial score (nSPS) is 14.9. The fourth-order valence-corrected chi connectivity index (χ4v) is 1.96. The van der Waals surface area contributed by atoms with Crippen LogP contribution in [0.2, 0.25) is 0 Å². The summed E-state index contributed by atoms with van der Waals surface area (Å²) in [5, 5.41) is 3.34. The number of hydrogen-bond acceptors (Lipinski definition) is 2. The van der Waals surface area contributed by atoms with Crippen LogP contribution in [0.25, 0.3) is 0 Å². The zero-order chi connectivity index (χ0) is 11.3. The quantitative estimate of drug-likeness (QED) is 0.902. The van der Waals surface area contributed by atoms with Crippen molar-refractivity contribution in [3.63, 3.8) is 0 Å². The Balaban J connectivity index is 2.43. The zero-order valence-corrected chi connectivity index (χ0v) is 11.4. The Morgan fingerprint density at radius 3 is 2.53 bits per heavy atom. The Hall–Kier alpha value is -0.190.